The molecule has 8 heteroatoms. The van der Waals surface area contributed by atoms with Crippen molar-refractivity contribution >= 4 is 17.5 Å². The van der Waals surface area contributed by atoms with Crippen LogP contribution in [0, 0.1) is 5.92 Å². The summed E-state index contributed by atoms with van der Waals surface area (Å²) in [5, 5.41) is 12.6. The molecule has 2 aliphatic rings. The van der Waals surface area contributed by atoms with Crippen LogP contribution in [0.2, 0.25) is 5.02 Å². The standard InChI is InChI=1S/C23H26ClN5O2/c1-15(25-23(30)17-2-3-17)22-27-26-21-10-11-28(12-13-29(21)22)14-19-8-9-20(31-19)16-4-6-18(24)7-5-16/h4-9,15,17H,2-3,10-14H2,1H3,(H,25,30). The molecule has 1 amide bonds. The highest BCUT2D eigenvalue weighted by atomic mass is 35.5. The summed E-state index contributed by atoms with van der Waals surface area (Å²) < 4.78 is 8.24. The Morgan fingerprint density at radius 1 is 1.16 bits per heavy atom. The van der Waals surface area contributed by atoms with Gasteiger partial charge in [-0.25, -0.2) is 0 Å². The fraction of sp³-hybridized carbons (Fsp3) is 0.435. The molecule has 1 atom stereocenters. The van der Waals surface area contributed by atoms with E-state index in [0.29, 0.717) is 5.02 Å². The van der Waals surface area contributed by atoms with Crippen molar-refractivity contribution in [2.75, 3.05) is 13.1 Å². The van der Waals surface area contributed by atoms with Crippen molar-refractivity contribution < 1.29 is 9.21 Å². The van der Waals surface area contributed by atoms with Gasteiger partial charge >= 0.3 is 0 Å². The molecule has 0 saturated heterocycles. The Hall–Kier alpha value is -2.64. The fourth-order valence-corrected chi connectivity index (χ4v) is 4.19. The molecule has 0 bridgehead atoms. The number of halogens is 1. The van der Waals surface area contributed by atoms with E-state index in [0.717, 1.165) is 74.2 Å². The second-order valence-corrected chi connectivity index (χ2v) is 8.87. The van der Waals surface area contributed by atoms with Crippen LogP contribution in [0.3, 0.4) is 0 Å². The summed E-state index contributed by atoms with van der Waals surface area (Å²) in [5.74, 6) is 3.93. The van der Waals surface area contributed by atoms with Gasteiger partial charge in [-0.05, 0) is 56.2 Å². The SMILES string of the molecule is CC(NC(=O)C1CC1)c1nnc2n1CCN(Cc1ccc(-c3ccc(Cl)cc3)o1)CC2. The van der Waals surface area contributed by atoms with Crippen LogP contribution in [0.4, 0.5) is 0 Å². The first-order valence-electron chi connectivity index (χ1n) is 10.9. The normalized spacial score (nSPS) is 17.7. The quantitative estimate of drug-likeness (QED) is 0.631. The van der Waals surface area contributed by atoms with Crippen LogP contribution in [0.5, 0.6) is 0 Å². The van der Waals surface area contributed by atoms with Gasteiger partial charge in [-0.2, -0.15) is 0 Å². The number of aromatic nitrogens is 3. The van der Waals surface area contributed by atoms with E-state index < -0.39 is 0 Å². The largest absolute Gasteiger partial charge is 0.460 e. The minimum atomic E-state index is -0.132. The van der Waals surface area contributed by atoms with E-state index in [1.165, 1.54) is 0 Å². The highest BCUT2D eigenvalue weighted by Gasteiger charge is 2.31. The lowest BCUT2D eigenvalue weighted by molar-refractivity contribution is -0.123. The van der Waals surface area contributed by atoms with E-state index >= 15 is 0 Å². The zero-order valence-electron chi connectivity index (χ0n) is 17.6. The summed E-state index contributed by atoms with van der Waals surface area (Å²) in [5.41, 5.74) is 1.02. The molecule has 2 aromatic heterocycles. The molecule has 1 aliphatic heterocycles. The molecule has 31 heavy (non-hydrogen) atoms. The Bertz CT molecular complexity index is 1070. The van der Waals surface area contributed by atoms with E-state index in [4.69, 9.17) is 16.0 Å². The van der Waals surface area contributed by atoms with Gasteiger partial charge in [-0.1, -0.05) is 11.6 Å². The predicted octanol–water partition coefficient (Wildman–Crippen LogP) is 3.84. The Morgan fingerprint density at radius 2 is 1.97 bits per heavy atom. The van der Waals surface area contributed by atoms with Crippen molar-refractivity contribution in [2.45, 2.75) is 45.3 Å². The first kappa shape index (κ1) is 20.3. The summed E-state index contributed by atoms with van der Waals surface area (Å²) in [7, 11) is 0. The maximum Gasteiger partial charge on any atom is 0.223 e. The lowest BCUT2D eigenvalue weighted by Gasteiger charge is -2.19. The maximum absolute atomic E-state index is 12.1. The molecule has 7 nitrogen and oxygen atoms in total. The number of furan rings is 1. The Morgan fingerprint density at radius 3 is 2.74 bits per heavy atom. The van der Waals surface area contributed by atoms with Crippen molar-refractivity contribution in [1.82, 2.24) is 25.0 Å². The van der Waals surface area contributed by atoms with Crippen LogP contribution in [0.1, 0.15) is 43.2 Å². The van der Waals surface area contributed by atoms with Crippen molar-refractivity contribution in [3.05, 3.63) is 58.8 Å². The number of rotatable bonds is 6. The van der Waals surface area contributed by atoms with E-state index in [1.54, 1.807) is 0 Å². The van der Waals surface area contributed by atoms with E-state index in [9.17, 15) is 4.79 Å². The third-order valence-electron chi connectivity index (χ3n) is 6.01. The summed E-state index contributed by atoms with van der Waals surface area (Å²) in [6, 6.07) is 11.6. The molecular formula is C23H26ClN5O2. The first-order valence-corrected chi connectivity index (χ1v) is 11.2. The van der Waals surface area contributed by atoms with Crippen molar-refractivity contribution in [3.8, 4) is 11.3 Å². The molecule has 1 N–H and O–H groups in total. The van der Waals surface area contributed by atoms with E-state index in [2.05, 4.69) is 25.0 Å². The third kappa shape index (κ3) is 4.52. The molecule has 1 aromatic carbocycles. The summed E-state index contributed by atoms with van der Waals surface area (Å²) in [4.78, 5) is 14.5. The summed E-state index contributed by atoms with van der Waals surface area (Å²) in [6.07, 6.45) is 2.82. The Kier molecular flexibility index (Phi) is 5.54. The van der Waals surface area contributed by atoms with Gasteiger partial charge in [-0.15, -0.1) is 10.2 Å². The number of nitrogens with one attached hydrogen (secondary N) is 1. The van der Waals surface area contributed by atoms with E-state index in [1.807, 2.05) is 43.3 Å². The van der Waals surface area contributed by atoms with Crippen molar-refractivity contribution in [1.29, 1.82) is 0 Å². The minimum Gasteiger partial charge on any atom is -0.460 e. The molecule has 162 valence electrons. The van der Waals surface area contributed by atoms with Crippen LogP contribution in [-0.2, 0) is 24.3 Å². The maximum atomic E-state index is 12.1. The molecule has 5 rings (SSSR count). The molecular weight excluding hydrogens is 414 g/mol. The van der Waals surface area contributed by atoms with Gasteiger partial charge in [-0.3, -0.25) is 9.69 Å². The molecule has 3 heterocycles. The van der Waals surface area contributed by atoms with Gasteiger partial charge in [0.05, 0.1) is 12.6 Å². The lowest BCUT2D eigenvalue weighted by atomic mass is 10.2. The number of nitrogens with zero attached hydrogens (tertiary/aromatic N) is 4. The molecule has 3 aromatic rings. The average Bonchev–Trinajstić information content (AvgIpc) is 3.44. The number of hydrogen-bond acceptors (Lipinski definition) is 5. The number of amides is 1. The zero-order valence-corrected chi connectivity index (χ0v) is 18.3. The average molecular weight is 440 g/mol. The molecule has 0 spiro atoms. The second kappa shape index (κ2) is 8.48. The number of hydrogen-bond donors (Lipinski definition) is 1. The summed E-state index contributed by atoms with van der Waals surface area (Å²) in [6.45, 7) is 5.29. The van der Waals surface area contributed by atoms with Crippen molar-refractivity contribution in [3.63, 3.8) is 0 Å². The molecule has 0 radical (unpaired) electrons. The van der Waals surface area contributed by atoms with Crippen LogP contribution in [0.15, 0.2) is 40.8 Å². The number of benzene rings is 1. The van der Waals surface area contributed by atoms with Crippen molar-refractivity contribution in [2.24, 2.45) is 5.92 Å². The number of fused-ring (bicyclic) bond motifs is 1. The first-order chi connectivity index (χ1) is 15.1. The van der Waals surface area contributed by atoms with Gasteiger partial charge in [0.15, 0.2) is 5.82 Å². The van der Waals surface area contributed by atoms with Gasteiger partial charge in [0.2, 0.25) is 5.91 Å². The highest BCUT2D eigenvalue weighted by Crippen LogP contribution is 2.30. The van der Waals surface area contributed by atoms with Crippen LogP contribution >= 0.6 is 11.6 Å². The number of carbonyl (C=O) groups excluding carboxylic acids is 1. The highest BCUT2D eigenvalue weighted by molar-refractivity contribution is 6.30. The minimum absolute atomic E-state index is 0.132. The predicted molar refractivity (Wildman–Crippen MR) is 117 cm³/mol. The lowest BCUT2D eigenvalue weighted by Crippen LogP contribution is -2.31. The Balaban J connectivity index is 1.22. The van der Waals surface area contributed by atoms with Crippen LogP contribution in [-0.4, -0.2) is 38.7 Å². The monoisotopic (exact) mass is 439 g/mol. The van der Waals surface area contributed by atoms with Crippen LogP contribution < -0.4 is 5.32 Å². The number of carbonyl (C=O) groups is 1. The topological polar surface area (TPSA) is 76.2 Å². The molecule has 1 saturated carbocycles. The third-order valence-corrected chi connectivity index (χ3v) is 6.26. The van der Waals surface area contributed by atoms with Crippen LogP contribution in [0.25, 0.3) is 11.3 Å². The molecule has 1 unspecified atom stereocenters. The zero-order chi connectivity index (χ0) is 21.4. The summed E-state index contributed by atoms with van der Waals surface area (Å²) >= 11 is 5.98. The second-order valence-electron chi connectivity index (χ2n) is 8.43. The van der Waals surface area contributed by atoms with Gasteiger partial charge < -0.3 is 14.3 Å². The van der Waals surface area contributed by atoms with Gasteiger partial charge in [0.1, 0.15) is 17.3 Å². The fourth-order valence-electron chi connectivity index (χ4n) is 4.06. The van der Waals surface area contributed by atoms with Gasteiger partial charge in [0.25, 0.3) is 0 Å². The molecule has 1 fully saturated rings. The van der Waals surface area contributed by atoms with Gasteiger partial charge in [0, 0.05) is 42.6 Å². The van der Waals surface area contributed by atoms with E-state index in [-0.39, 0.29) is 17.9 Å². The molecule has 1 aliphatic carbocycles. The smallest absolute Gasteiger partial charge is 0.223 e. The Labute approximate surface area is 186 Å².